The van der Waals surface area contributed by atoms with Crippen molar-refractivity contribution >= 4 is 46.9 Å². The average molecular weight is 493 g/mol. The van der Waals surface area contributed by atoms with E-state index in [-0.39, 0.29) is 12.1 Å². The second kappa shape index (κ2) is 8.86. The van der Waals surface area contributed by atoms with E-state index in [1.54, 1.807) is 5.92 Å². The molecule has 0 N–H and O–H groups in total. The Morgan fingerprint density at radius 3 is 2.06 bits per heavy atom. The topological polar surface area (TPSA) is 29.5 Å². The van der Waals surface area contributed by atoms with Gasteiger partial charge in [0.05, 0.1) is 16.8 Å². The van der Waals surface area contributed by atoms with Gasteiger partial charge in [-0.15, -0.1) is 6.42 Å². The van der Waals surface area contributed by atoms with E-state index in [1.165, 1.54) is 23.5 Å². The largest absolute Gasteiger partial charge is 0.420 e. The zero-order valence-corrected chi connectivity index (χ0v) is 17.8. The van der Waals surface area contributed by atoms with Gasteiger partial charge in [-0.1, -0.05) is 17.5 Å². The number of hydrogen-bond donors (Lipinski definition) is 0. The lowest BCUT2D eigenvalue weighted by molar-refractivity contribution is -0.143. The van der Waals surface area contributed by atoms with Crippen molar-refractivity contribution in [3.05, 3.63) is 57.6 Å². The monoisotopic (exact) mass is 493 g/mol. The molecule has 0 heterocycles. The summed E-state index contributed by atoms with van der Waals surface area (Å²) in [6.07, 6.45) is -7.14. The van der Waals surface area contributed by atoms with Crippen LogP contribution < -0.4 is 9.64 Å². The van der Waals surface area contributed by atoms with Crippen molar-refractivity contribution in [2.75, 3.05) is 4.90 Å². The minimum absolute atomic E-state index is 0.203. The van der Waals surface area contributed by atoms with E-state index in [4.69, 9.17) is 22.8 Å². The summed E-state index contributed by atoms with van der Waals surface area (Å²) in [6, 6.07) is 1.44. The molecule has 0 saturated carbocycles. The summed E-state index contributed by atoms with van der Waals surface area (Å²) in [5.74, 6) is -2.34. The van der Waals surface area contributed by atoms with Crippen LogP contribution in [0, 0.1) is 24.0 Å². The van der Waals surface area contributed by atoms with Crippen LogP contribution in [-0.4, -0.2) is 34.9 Å². The van der Waals surface area contributed by atoms with Crippen molar-refractivity contribution in [2.24, 2.45) is 0 Å². The van der Waals surface area contributed by atoms with Crippen LogP contribution in [0.4, 0.5) is 45.6 Å². The van der Waals surface area contributed by atoms with Gasteiger partial charge in [-0.2, -0.15) is 26.3 Å². The molecule has 0 fully saturated rings. The molecule has 0 unspecified atom stereocenters. The number of nitrogens with zero attached hydrogens (tertiary/aromatic N) is 1. The predicted molar refractivity (Wildman–Crippen MR) is 113 cm³/mol. The number of amides is 1. The Morgan fingerprint density at radius 2 is 1.61 bits per heavy atom. The molecule has 33 heavy (non-hydrogen) atoms. The molecular formula is C18H11B3ClF8NO2. The zero-order valence-electron chi connectivity index (χ0n) is 17.1. The van der Waals surface area contributed by atoms with Gasteiger partial charge in [0.2, 0.25) is 0 Å². The third-order valence-electron chi connectivity index (χ3n) is 4.18. The first kappa shape index (κ1) is 26.4. The first-order chi connectivity index (χ1) is 14.9. The van der Waals surface area contributed by atoms with E-state index in [9.17, 15) is 39.9 Å². The molecule has 0 radical (unpaired) electrons. The fourth-order valence-electron chi connectivity index (χ4n) is 2.78. The number of anilines is 1. The van der Waals surface area contributed by atoms with Crippen molar-refractivity contribution in [2.45, 2.75) is 17.6 Å². The number of halogens is 9. The Labute approximate surface area is 190 Å². The molecule has 1 amide bonds. The molecule has 0 aliphatic rings. The van der Waals surface area contributed by atoms with E-state index < -0.39 is 68.5 Å². The Bertz CT molecular complexity index is 1140. The van der Waals surface area contributed by atoms with Gasteiger partial charge in [0, 0.05) is 0 Å². The molecule has 0 aliphatic heterocycles. The van der Waals surface area contributed by atoms with Gasteiger partial charge >= 0.3 is 18.4 Å². The van der Waals surface area contributed by atoms with Crippen LogP contribution in [0.15, 0.2) is 24.3 Å². The minimum Gasteiger partial charge on any atom is -0.408 e. The Kier molecular flexibility index (Phi) is 7.10. The van der Waals surface area contributed by atoms with Gasteiger partial charge in [-0.3, -0.25) is 4.90 Å². The molecule has 0 atom stereocenters. The molecule has 2 aromatic rings. The first-order valence-corrected chi connectivity index (χ1v) is 9.22. The lowest BCUT2D eigenvalue weighted by Crippen LogP contribution is -2.55. The van der Waals surface area contributed by atoms with Crippen LogP contribution in [0.1, 0.15) is 16.7 Å². The number of carbonyl (C=O) groups excluding carboxylic acids is 1. The lowest BCUT2D eigenvalue weighted by Gasteiger charge is -2.35. The van der Waals surface area contributed by atoms with Gasteiger partial charge in [0.15, 0.2) is 11.6 Å². The molecule has 0 bridgehead atoms. The van der Waals surface area contributed by atoms with E-state index in [0.717, 1.165) is 6.07 Å². The van der Waals surface area contributed by atoms with Gasteiger partial charge in [0.1, 0.15) is 39.9 Å². The lowest BCUT2D eigenvalue weighted by atomic mass is 9.48. The highest BCUT2D eigenvalue weighted by molar-refractivity contribution is 6.62. The highest BCUT2D eigenvalue weighted by atomic mass is 35.5. The summed E-state index contributed by atoms with van der Waals surface area (Å²) in [5.41, 5.74) is -5.35. The number of benzene rings is 2. The highest BCUT2D eigenvalue weighted by Gasteiger charge is 2.42. The van der Waals surface area contributed by atoms with Crippen molar-refractivity contribution in [3.63, 3.8) is 0 Å². The summed E-state index contributed by atoms with van der Waals surface area (Å²) in [6.45, 7) is 0. The number of alkyl halides is 6. The summed E-state index contributed by atoms with van der Waals surface area (Å²) >= 11 is 5.52. The standard InChI is InChI=1S/C18H11B3ClF8NO2/c1-2-7-5-8(16(25,26)27)6-9(17(28,29)30)14(7)33-15(32)31(18(19,20)21)11-4-3-10(23)12(22)13(11)24/h1,3-6H,19-21H2. The smallest absolute Gasteiger partial charge is 0.408 e. The summed E-state index contributed by atoms with van der Waals surface area (Å²) in [7, 11) is 4.01. The van der Waals surface area contributed by atoms with Gasteiger partial charge in [-0.25, -0.2) is 13.6 Å². The molecule has 0 saturated heterocycles. The SMILES string of the molecule is BC(B)(B)N(C(=O)Oc1c(C#C)cc(C(F)(F)F)cc1C(F)(F)F)c1ccc(F)c(Cl)c1F. The number of ether oxygens (including phenoxy) is 1. The van der Waals surface area contributed by atoms with E-state index in [1.807, 2.05) is 0 Å². The van der Waals surface area contributed by atoms with Crippen LogP contribution in [0.25, 0.3) is 0 Å². The molecule has 2 aromatic carbocycles. The maximum atomic E-state index is 14.6. The van der Waals surface area contributed by atoms with Crippen LogP contribution in [0.5, 0.6) is 5.75 Å². The maximum absolute atomic E-state index is 14.6. The average Bonchev–Trinajstić information content (AvgIpc) is 2.65. The summed E-state index contributed by atoms with van der Waals surface area (Å²) < 4.78 is 113. The van der Waals surface area contributed by atoms with E-state index >= 15 is 0 Å². The fourth-order valence-corrected chi connectivity index (χ4v) is 2.93. The zero-order chi connectivity index (χ0) is 25.5. The Hall–Kier alpha value is -2.81. The Morgan fingerprint density at radius 1 is 1.03 bits per heavy atom. The molecule has 2 rings (SSSR count). The van der Waals surface area contributed by atoms with Crippen LogP contribution in [0.3, 0.4) is 0 Å². The predicted octanol–water partition coefficient (Wildman–Crippen LogP) is 3.15. The van der Waals surface area contributed by atoms with Gasteiger partial charge in [0.25, 0.3) is 0 Å². The third-order valence-corrected chi connectivity index (χ3v) is 4.52. The number of terminal acetylenes is 1. The van der Waals surface area contributed by atoms with Gasteiger partial charge < -0.3 is 4.74 Å². The quantitative estimate of drug-likeness (QED) is 0.285. The highest BCUT2D eigenvalue weighted by Crippen LogP contribution is 2.43. The van der Waals surface area contributed by atoms with Crippen molar-refractivity contribution in [3.8, 4) is 18.1 Å². The molecule has 0 aliphatic carbocycles. The Balaban J connectivity index is 2.71. The fraction of sp³-hybridized carbons (Fsp3) is 0.167. The van der Waals surface area contributed by atoms with Crippen molar-refractivity contribution < 1.29 is 44.7 Å². The maximum Gasteiger partial charge on any atom is 0.420 e. The molecule has 15 heteroatoms. The normalized spacial score (nSPS) is 12.2. The summed E-state index contributed by atoms with van der Waals surface area (Å²) in [4.78, 5) is 13.4. The van der Waals surface area contributed by atoms with Crippen molar-refractivity contribution in [1.29, 1.82) is 0 Å². The first-order valence-electron chi connectivity index (χ1n) is 8.84. The van der Waals surface area contributed by atoms with E-state index in [0.29, 0.717) is 11.0 Å². The second-order valence-electron chi connectivity index (χ2n) is 7.61. The number of hydrogen-bond acceptors (Lipinski definition) is 2. The van der Waals surface area contributed by atoms with E-state index in [2.05, 4.69) is 0 Å². The number of rotatable bonds is 3. The molecule has 172 valence electrons. The number of carbonyl (C=O) groups is 1. The third kappa shape index (κ3) is 5.58. The van der Waals surface area contributed by atoms with Crippen LogP contribution >= 0.6 is 11.6 Å². The minimum atomic E-state index is -5.40. The van der Waals surface area contributed by atoms with Crippen LogP contribution in [-0.2, 0) is 12.4 Å². The van der Waals surface area contributed by atoms with Crippen molar-refractivity contribution in [1.82, 2.24) is 0 Å². The molecule has 0 aromatic heterocycles. The second-order valence-corrected chi connectivity index (χ2v) is 7.99. The summed E-state index contributed by atoms with van der Waals surface area (Å²) in [5, 5.41) is -2.37. The van der Waals surface area contributed by atoms with Gasteiger partial charge in [-0.05, 0) is 29.5 Å². The molecule has 3 nitrogen and oxygen atoms in total. The molecular weight excluding hydrogens is 482 g/mol. The van der Waals surface area contributed by atoms with Crippen LogP contribution in [0.2, 0.25) is 5.02 Å². The molecule has 0 spiro atoms.